The van der Waals surface area contributed by atoms with Gasteiger partial charge < -0.3 is 16.0 Å². The summed E-state index contributed by atoms with van der Waals surface area (Å²) in [5.74, 6) is -0.123. The summed E-state index contributed by atoms with van der Waals surface area (Å²) in [4.78, 5) is 11.9. The van der Waals surface area contributed by atoms with E-state index in [9.17, 15) is 4.79 Å². The number of rotatable bonds is 5. The van der Waals surface area contributed by atoms with Gasteiger partial charge in [0.1, 0.15) is 0 Å². The molecule has 0 saturated heterocycles. The largest absolute Gasteiger partial charge is 0.359 e. The number of amides is 1. The van der Waals surface area contributed by atoms with Crippen molar-refractivity contribution in [2.24, 2.45) is 0 Å². The van der Waals surface area contributed by atoms with Gasteiger partial charge in [-0.25, -0.2) is 0 Å². The smallest absolute Gasteiger partial charge is 0.243 e. The fraction of sp³-hybridized carbons (Fsp3) is 0.333. The fourth-order valence-corrected chi connectivity index (χ4v) is 1.79. The zero-order chi connectivity index (χ0) is 15.1. The summed E-state index contributed by atoms with van der Waals surface area (Å²) in [7, 11) is 0. The number of hydrogen-bond donors (Lipinski definition) is 3. The molecule has 1 aromatic carbocycles. The maximum Gasteiger partial charge on any atom is 0.243 e. The van der Waals surface area contributed by atoms with E-state index in [0.717, 1.165) is 22.4 Å². The molecular weight excluding hydrogens is 270 g/mol. The van der Waals surface area contributed by atoms with E-state index in [1.54, 1.807) is 0 Å². The standard InChI is InChI=1S/C15H21N3OS/c1-10(2)8-16-15(20)17-9-13(19)18-14-11(3)6-5-7-12(14)4/h5-7H,1,8-9H2,2-4H3,(H,18,19)(H2,16,17,20). The van der Waals surface area contributed by atoms with Gasteiger partial charge in [0.25, 0.3) is 0 Å². The minimum atomic E-state index is -0.123. The number of benzene rings is 1. The molecule has 0 heterocycles. The third-order valence-electron chi connectivity index (χ3n) is 2.71. The second kappa shape index (κ2) is 7.65. The molecule has 0 aliphatic rings. The van der Waals surface area contributed by atoms with E-state index in [-0.39, 0.29) is 12.5 Å². The Kier molecular flexibility index (Phi) is 6.18. The number of hydrogen-bond acceptors (Lipinski definition) is 2. The lowest BCUT2D eigenvalue weighted by Gasteiger charge is -2.13. The maximum absolute atomic E-state index is 11.9. The first kappa shape index (κ1) is 16.2. The van der Waals surface area contributed by atoms with E-state index in [1.807, 2.05) is 39.0 Å². The van der Waals surface area contributed by atoms with Crippen molar-refractivity contribution in [3.8, 4) is 0 Å². The van der Waals surface area contributed by atoms with Gasteiger partial charge in [-0.3, -0.25) is 4.79 Å². The average molecular weight is 291 g/mol. The highest BCUT2D eigenvalue weighted by Crippen LogP contribution is 2.18. The molecule has 3 N–H and O–H groups in total. The van der Waals surface area contributed by atoms with Crippen LogP contribution in [0.3, 0.4) is 0 Å². The van der Waals surface area contributed by atoms with Gasteiger partial charge in [0, 0.05) is 12.2 Å². The molecule has 20 heavy (non-hydrogen) atoms. The second-order valence-corrected chi connectivity index (χ2v) is 5.22. The Morgan fingerprint density at radius 2 is 1.75 bits per heavy atom. The van der Waals surface area contributed by atoms with Gasteiger partial charge in [-0.15, -0.1) is 0 Å². The van der Waals surface area contributed by atoms with E-state index < -0.39 is 0 Å². The Bertz CT molecular complexity index is 506. The molecule has 0 radical (unpaired) electrons. The molecule has 4 nitrogen and oxygen atoms in total. The highest BCUT2D eigenvalue weighted by molar-refractivity contribution is 7.80. The molecule has 108 valence electrons. The summed E-state index contributed by atoms with van der Waals surface area (Å²) in [6, 6.07) is 5.90. The van der Waals surface area contributed by atoms with Crippen LogP contribution >= 0.6 is 12.2 Å². The molecule has 0 spiro atoms. The van der Waals surface area contributed by atoms with Crippen LogP contribution in [0.15, 0.2) is 30.4 Å². The van der Waals surface area contributed by atoms with E-state index in [4.69, 9.17) is 12.2 Å². The Balaban J connectivity index is 2.44. The SMILES string of the molecule is C=C(C)CNC(=S)NCC(=O)Nc1c(C)cccc1C. The topological polar surface area (TPSA) is 53.2 Å². The molecule has 0 atom stereocenters. The molecule has 5 heteroatoms. The third kappa shape index (κ3) is 5.40. The molecule has 0 saturated carbocycles. The third-order valence-corrected chi connectivity index (χ3v) is 2.99. The molecule has 0 aliphatic heterocycles. The number of anilines is 1. The summed E-state index contributed by atoms with van der Waals surface area (Å²) in [6.07, 6.45) is 0. The summed E-state index contributed by atoms with van der Waals surface area (Å²) >= 11 is 5.06. The quantitative estimate of drug-likeness (QED) is 0.575. The van der Waals surface area contributed by atoms with Crippen molar-refractivity contribution in [1.82, 2.24) is 10.6 Å². The minimum Gasteiger partial charge on any atom is -0.359 e. The van der Waals surface area contributed by atoms with E-state index >= 15 is 0 Å². The van der Waals surface area contributed by atoms with E-state index in [2.05, 4.69) is 22.5 Å². The summed E-state index contributed by atoms with van der Waals surface area (Å²) in [5, 5.41) is 9.17. The molecule has 1 aromatic rings. The first-order valence-electron chi connectivity index (χ1n) is 6.42. The minimum absolute atomic E-state index is 0.123. The van der Waals surface area contributed by atoms with Crippen LogP contribution in [0.5, 0.6) is 0 Å². The van der Waals surface area contributed by atoms with Gasteiger partial charge >= 0.3 is 0 Å². The number of aryl methyl sites for hydroxylation is 2. The lowest BCUT2D eigenvalue weighted by Crippen LogP contribution is -2.40. The van der Waals surface area contributed by atoms with Crippen LogP contribution in [-0.2, 0) is 4.79 Å². The number of carbonyl (C=O) groups excluding carboxylic acids is 1. The van der Waals surface area contributed by atoms with Crippen molar-refractivity contribution in [1.29, 1.82) is 0 Å². The molecule has 0 bridgehead atoms. The van der Waals surface area contributed by atoms with E-state index in [1.165, 1.54) is 0 Å². The highest BCUT2D eigenvalue weighted by Gasteiger charge is 2.07. The zero-order valence-electron chi connectivity index (χ0n) is 12.2. The summed E-state index contributed by atoms with van der Waals surface area (Å²) < 4.78 is 0. The molecule has 1 rings (SSSR count). The predicted octanol–water partition coefficient (Wildman–Crippen LogP) is 2.28. The zero-order valence-corrected chi connectivity index (χ0v) is 13.0. The first-order valence-corrected chi connectivity index (χ1v) is 6.83. The van der Waals surface area contributed by atoms with Gasteiger partial charge in [-0.1, -0.05) is 30.4 Å². The normalized spacial score (nSPS) is 9.75. The average Bonchev–Trinajstić information content (AvgIpc) is 2.38. The van der Waals surface area contributed by atoms with Gasteiger partial charge in [0.05, 0.1) is 6.54 Å². The fourth-order valence-electron chi connectivity index (χ4n) is 1.65. The van der Waals surface area contributed by atoms with Crippen molar-refractivity contribution < 1.29 is 4.79 Å². The molecule has 1 amide bonds. The van der Waals surface area contributed by atoms with Crippen LogP contribution in [0.1, 0.15) is 18.1 Å². The first-order chi connectivity index (χ1) is 9.40. The Hall–Kier alpha value is -1.88. The van der Waals surface area contributed by atoms with Crippen molar-refractivity contribution in [3.63, 3.8) is 0 Å². The second-order valence-electron chi connectivity index (χ2n) is 4.81. The Labute approximate surface area is 125 Å². The molecule has 0 fully saturated rings. The molecule has 0 aliphatic carbocycles. The van der Waals surface area contributed by atoms with Crippen molar-refractivity contribution in [2.75, 3.05) is 18.4 Å². The van der Waals surface area contributed by atoms with Gasteiger partial charge in [-0.05, 0) is 44.1 Å². The van der Waals surface area contributed by atoms with Crippen LogP contribution in [-0.4, -0.2) is 24.1 Å². The maximum atomic E-state index is 11.9. The number of carbonyl (C=O) groups is 1. The number of thiocarbonyl (C=S) groups is 1. The lowest BCUT2D eigenvalue weighted by atomic mass is 10.1. The Morgan fingerprint density at radius 1 is 1.20 bits per heavy atom. The number of nitrogens with one attached hydrogen (secondary N) is 3. The van der Waals surface area contributed by atoms with Crippen molar-refractivity contribution >= 4 is 28.9 Å². The van der Waals surface area contributed by atoms with Crippen LogP contribution in [0.4, 0.5) is 5.69 Å². The van der Waals surface area contributed by atoms with Crippen molar-refractivity contribution in [3.05, 3.63) is 41.5 Å². The van der Waals surface area contributed by atoms with Crippen LogP contribution in [0.2, 0.25) is 0 Å². The van der Waals surface area contributed by atoms with Crippen LogP contribution < -0.4 is 16.0 Å². The lowest BCUT2D eigenvalue weighted by molar-refractivity contribution is -0.115. The van der Waals surface area contributed by atoms with Gasteiger partial charge in [0.2, 0.25) is 5.91 Å². The summed E-state index contributed by atoms with van der Waals surface area (Å²) in [5.41, 5.74) is 3.93. The molecule has 0 aromatic heterocycles. The molecule has 0 unspecified atom stereocenters. The number of para-hydroxylation sites is 1. The Morgan fingerprint density at radius 3 is 2.30 bits per heavy atom. The predicted molar refractivity (Wildman–Crippen MR) is 88.0 cm³/mol. The monoisotopic (exact) mass is 291 g/mol. The highest BCUT2D eigenvalue weighted by atomic mass is 32.1. The van der Waals surface area contributed by atoms with Gasteiger partial charge in [0.15, 0.2) is 5.11 Å². The van der Waals surface area contributed by atoms with E-state index in [0.29, 0.717) is 11.7 Å². The molecular formula is C15H21N3OS. The van der Waals surface area contributed by atoms with Crippen molar-refractivity contribution in [2.45, 2.75) is 20.8 Å². The van der Waals surface area contributed by atoms with Crippen LogP contribution in [0.25, 0.3) is 0 Å². The van der Waals surface area contributed by atoms with Gasteiger partial charge in [-0.2, -0.15) is 0 Å². The summed E-state index contributed by atoms with van der Waals surface area (Å²) in [6.45, 7) is 10.3. The van der Waals surface area contributed by atoms with Crippen LogP contribution in [0, 0.1) is 13.8 Å².